The molecule has 0 bridgehead atoms. The highest BCUT2D eigenvalue weighted by Crippen LogP contribution is 2.34. The molecule has 0 spiro atoms. The molecular formula is C16H14N4O3S. The van der Waals surface area contributed by atoms with E-state index >= 15 is 0 Å². The van der Waals surface area contributed by atoms with Crippen LogP contribution in [0.3, 0.4) is 0 Å². The summed E-state index contributed by atoms with van der Waals surface area (Å²) in [7, 11) is 0. The standard InChI is InChI=1S/C16H14N4O3S/c21-14-11-6-10(7-17-13(11)18-16(23)19-14)15(22)20-4-1-2-12(20)9-3-5-24-8-9/h3,5-8,12H,1-2,4H2,(H2,17,18,19,21,23)/t12-/m0/s1. The van der Waals surface area contributed by atoms with E-state index in [0.717, 1.165) is 18.4 Å². The van der Waals surface area contributed by atoms with E-state index in [1.165, 1.54) is 12.3 Å². The Bertz CT molecular complexity index is 1020. The molecule has 24 heavy (non-hydrogen) atoms. The zero-order valence-electron chi connectivity index (χ0n) is 12.6. The normalized spacial score (nSPS) is 17.5. The Kier molecular flexibility index (Phi) is 3.53. The smallest absolute Gasteiger partial charge is 0.327 e. The van der Waals surface area contributed by atoms with Crippen molar-refractivity contribution in [2.45, 2.75) is 18.9 Å². The fourth-order valence-corrected chi connectivity index (χ4v) is 3.86. The average Bonchev–Trinajstić information content (AvgIpc) is 3.24. The van der Waals surface area contributed by atoms with Crippen LogP contribution in [0.1, 0.15) is 34.8 Å². The van der Waals surface area contributed by atoms with Crippen molar-refractivity contribution in [1.29, 1.82) is 0 Å². The van der Waals surface area contributed by atoms with Crippen LogP contribution in [0.25, 0.3) is 11.0 Å². The third-order valence-electron chi connectivity index (χ3n) is 4.28. The molecule has 2 N–H and O–H groups in total. The largest absolute Gasteiger partial charge is 0.332 e. The quantitative estimate of drug-likeness (QED) is 0.740. The Labute approximate surface area is 140 Å². The SMILES string of the molecule is O=C(c1cnc2[nH]c(=O)[nH]c(=O)c2c1)N1CCC[C@H]1c1ccsc1. The van der Waals surface area contributed by atoms with Crippen LogP contribution in [0, 0.1) is 0 Å². The molecule has 4 rings (SSSR count). The van der Waals surface area contributed by atoms with Crippen LogP contribution in [0.2, 0.25) is 0 Å². The summed E-state index contributed by atoms with van der Waals surface area (Å²) >= 11 is 1.61. The van der Waals surface area contributed by atoms with Crippen molar-refractivity contribution in [3.63, 3.8) is 0 Å². The summed E-state index contributed by atoms with van der Waals surface area (Å²) < 4.78 is 0. The van der Waals surface area contributed by atoms with Crippen LogP contribution < -0.4 is 11.2 Å². The van der Waals surface area contributed by atoms with Gasteiger partial charge in [0.05, 0.1) is 17.0 Å². The first-order chi connectivity index (χ1) is 11.6. The number of aromatic nitrogens is 3. The summed E-state index contributed by atoms with van der Waals surface area (Å²) in [6.07, 6.45) is 3.28. The molecule has 7 nitrogen and oxygen atoms in total. The number of aromatic amines is 2. The van der Waals surface area contributed by atoms with Crippen LogP contribution in [-0.2, 0) is 0 Å². The van der Waals surface area contributed by atoms with Crippen LogP contribution in [0.5, 0.6) is 0 Å². The second-order valence-electron chi connectivity index (χ2n) is 5.74. The topological polar surface area (TPSA) is 98.9 Å². The molecule has 0 aliphatic carbocycles. The minimum Gasteiger partial charge on any atom is -0.332 e. The molecule has 1 saturated heterocycles. The summed E-state index contributed by atoms with van der Waals surface area (Å²) in [5.74, 6) is -0.149. The molecule has 8 heteroatoms. The number of nitrogens with one attached hydrogen (secondary N) is 2. The van der Waals surface area contributed by atoms with Crippen LogP contribution in [-0.4, -0.2) is 32.3 Å². The van der Waals surface area contributed by atoms with Gasteiger partial charge in [0.2, 0.25) is 0 Å². The van der Waals surface area contributed by atoms with Crippen molar-refractivity contribution >= 4 is 28.3 Å². The number of fused-ring (bicyclic) bond motifs is 1. The Morgan fingerprint density at radius 2 is 2.21 bits per heavy atom. The number of thiophene rings is 1. The van der Waals surface area contributed by atoms with Gasteiger partial charge in [-0.05, 0) is 41.3 Å². The molecule has 1 atom stereocenters. The summed E-state index contributed by atoms with van der Waals surface area (Å²) in [5.41, 5.74) is 0.503. The van der Waals surface area contributed by atoms with Gasteiger partial charge in [0.25, 0.3) is 11.5 Å². The van der Waals surface area contributed by atoms with Gasteiger partial charge in [0, 0.05) is 12.7 Å². The monoisotopic (exact) mass is 342 g/mol. The van der Waals surface area contributed by atoms with Gasteiger partial charge in [-0.2, -0.15) is 11.3 Å². The zero-order chi connectivity index (χ0) is 16.7. The van der Waals surface area contributed by atoms with E-state index < -0.39 is 11.2 Å². The molecule has 0 aromatic carbocycles. The molecule has 1 aliphatic rings. The number of likely N-dealkylation sites (tertiary alicyclic amines) is 1. The first-order valence-corrected chi connectivity index (χ1v) is 8.53. The highest BCUT2D eigenvalue weighted by Gasteiger charge is 2.31. The Morgan fingerprint density at radius 3 is 3.00 bits per heavy atom. The Hall–Kier alpha value is -2.74. The molecule has 4 heterocycles. The minimum atomic E-state index is -0.615. The molecule has 0 radical (unpaired) electrons. The van der Waals surface area contributed by atoms with E-state index in [0.29, 0.717) is 12.1 Å². The Morgan fingerprint density at radius 1 is 1.33 bits per heavy atom. The minimum absolute atomic E-state index is 0.0633. The molecule has 1 aliphatic heterocycles. The van der Waals surface area contributed by atoms with Gasteiger partial charge in [-0.1, -0.05) is 0 Å². The average molecular weight is 342 g/mol. The number of pyridine rings is 1. The summed E-state index contributed by atoms with van der Waals surface area (Å²) in [5, 5.41) is 4.26. The number of carbonyl (C=O) groups excluding carboxylic acids is 1. The van der Waals surface area contributed by atoms with Gasteiger partial charge >= 0.3 is 5.69 Å². The molecule has 0 unspecified atom stereocenters. The number of carbonyl (C=O) groups is 1. The number of rotatable bonds is 2. The summed E-state index contributed by atoms with van der Waals surface area (Å²) in [6, 6.07) is 3.59. The number of hydrogen-bond donors (Lipinski definition) is 2. The zero-order valence-corrected chi connectivity index (χ0v) is 13.4. The van der Waals surface area contributed by atoms with Crippen LogP contribution in [0.4, 0.5) is 0 Å². The van der Waals surface area contributed by atoms with Gasteiger partial charge in [-0.15, -0.1) is 0 Å². The van der Waals surface area contributed by atoms with E-state index in [-0.39, 0.29) is 23.0 Å². The molecule has 1 fully saturated rings. The summed E-state index contributed by atoms with van der Waals surface area (Å²) in [4.78, 5) is 46.6. The number of H-pyrrole nitrogens is 2. The molecule has 1 amide bonds. The van der Waals surface area contributed by atoms with Gasteiger partial charge < -0.3 is 4.90 Å². The van der Waals surface area contributed by atoms with Crippen molar-refractivity contribution < 1.29 is 4.79 Å². The lowest BCUT2D eigenvalue weighted by Crippen LogP contribution is -2.31. The Balaban J connectivity index is 1.73. The molecular weight excluding hydrogens is 328 g/mol. The second kappa shape index (κ2) is 5.72. The maximum absolute atomic E-state index is 12.9. The van der Waals surface area contributed by atoms with Crippen LogP contribution >= 0.6 is 11.3 Å². The van der Waals surface area contributed by atoms with Crippen LogP contribution in [0.15, 0.2) is 38.7 Å². The number of amides is 1. The van der Waals surface area contributed by atoms with Gasteiger partial charge in [0.15, 0.2) is 0 Å². The molecule has 3 aromatic heterocycles. The maximum Gasteiger partial charge on any atom is 0.327 e. The van der Waals surface area contributed by atoms with E-state index in [1.54, 1.807) is 11.3 Å². The van der Waals surface area contributed by atoms with Crippen molar-refractivity contribution in [3.05, 3.63) is 61.1 Å². The highest BCUT2D eigenvalue weighted by atomic mass is 32.1. The third-order valence-corrected chi connectivity index (χ3v) is 4.98. The van der Waals surface area contributed by atoms with E-state index in [2.05, 4.69) is 20.3 Å². The molecule has 122 valence electrons. The molecule has 0 saturated carbocycles. The van der Waals surface area contributed by atoms with Gasteiger partial charge in [0.1, 0.15) is 5.65 Å². The first-order valence-electron chi connectivity index (χ1n) is 7.59. The van der Waals surface area contributed by atoms with E-state index in [1.807, 2.05) is 16.3 Å². The maximum atomic E-state index is 12.9. The van der Waals surface area contributed by atoms with Crippen molar-refractivity contribution in [3.8, 4) is 0 Å². The lowest BCUT2D eigenvalue weighted by Gasteiger charge is -2.24. The first kappa shape index (κ1) is 14.8. The van der Waals surface area contributed by atoms with Crippen molar-refractivity contribution in [2.75, 3.05) is 6.54 Å². The van der Waals surface area contributed by atoms with E-state index in [9.17, 15) is 14.4 Å². The van der Waals surface area contributed by atoms with Crippen molar-refractivity contribution in [1.82, 2.24) is 19.9 Å². The van der Waals surface area contributed by atoms with Gasteiger partial charge in [-0.25, -0.2) is 9.78 Å². The van der Waals surface area contributed by atoms with Gasteiger partial charge in [-0.3, -0.25) is 19.6 Å². The third kappa shape index (κ3) is 2.44. The second-order valence-corrected chi connectivity index (χ2v) is 6.52. The fraction of sp³-hybridized carbons (Fsp3) is 0.250. The van der Waals surface area contributed by atoms with E-state index in [4.69, 9.17) is 0 Å². The predicted octanol–water partition coefficient (Wildman–Crippen LogP) is 1.65. The number of hydrogen-bond acceptors (Lipinski definition) is 5. The lowest BCUT2D eigenvalue weighted by molar-refractivity contribution is 0.0735. The molecule has 3 aromatic rings. The van der Waals surface area contributed by atoms with Crippen molar-refractivity contribution in [2.24, 2.45) is 0 Å². The number of nitrogens with zero attached hydrogens (tertiary/aromatic N) is 2. The lowest BCUT2D eigenvalue weighted by atomic mass is 10.1. The summed E-state index contributed by atoms with van der Waals surface area (Å²) in [6.45, 7) is 0.680. The predicted molar refractivity (Wildman–Crippen MR) is 90.3 cm³/mol. The highest BCUT2D eigenvalue weighted by molar-refractivity contribution is 7.08. The fourth-order valence-electron chi connectivity index (χ4n) is 3.15.